The highest BCUT2D eigenvalue weighted by Gasteiger charge is 2.63. The summed E-state index contributed by atoms with van der Waals surface area (Å²) in [5.74, 6) is 0.325. The fraction of sp³-hybridized carbons (Fsp3) is 0.800. The van der Waals surface area contributed by atoms with E-state index in [9.17, 15) is 8.42 Å². The Morgan fingerprint density at radius 2 is 1.86 bits per heavy atom. The van der Waals surface area contributed by atoms with E-state index in [1.807, 2.05) is 0 Å². The van der Waals surface area contributed by atoms with Gasteiger partial charge < -0.3 is 0 Å². The zero-order valence-electron chi connectivity index (χ0n) is 8.62. The van der Waals surface area contributed by atoms with E-state index in [4.69, 9.17) is 0 Å². The average molecular weight is 230 g/mol. The van der Waals surface area contributed by atoms with Crippen LogP contribution in [0, 0.1) is 16.7 Å². The lowest BCUT2D eigenvalue weighted by Crippen LogP contribution is -2.33. The fourth-order valence-electron chi connectivity index (χ4n) is 3.02. The van der Waals surface area contributed by atoms with Crippen LogP contribution in [0.3, 0.4) is 0 Å². The molecule has 0 spiro atoms. The monoisotopic (exact) mass is 230 g/mol. The summed E-state index contributed by atoms with van der Waals surface area (Å²) in [6.45, 7) is 6.50. The molecule has 2 saturated carbocycles. The minimum atomic E-state index is -0.0448. The van der Waals surface area contributed by atoms with E-state index in [2.05, 4.69) is 20.8 Å². The highest BCUT2D eigenvalue weighted by Crippen LogP contribution is 2.62. The highest BCUT2D eigenvalue weighted by atomic mass is 32.1. The molecule has 2 bridgehead atoms. The molecule has 2 atom stereocenters. The molecule has 2 aliphatic carbocycles. The van der Waals surface area contributed by atoms with Crippen LogP contribution in [0.25, 0.3) is 0 Å². The molecule has 2 aliphatic rings. The summed E-state index contributed by atoms with van der Waals surface area (Å²) < 4.78 is 22.1. The summed E-state index contributed by atoms with van der Waals surface area (Å²) in [5, 5.41) is 0. The van der Waals surface area contributed by atoms with Crippen LogP contribution < -0.4 is 0 Å². The second kappa shape index (κ2) is 2.89. The van der Waals surface area contributed by atoms with Crippen LogP contribution in [0.5, 0.6) is 0 Å². The smallest absolute Gasteiger partial charge is 0.0939 e. The van der Waals surface area contributed by atoms with Crippen LogP contribution in [-0.4, -0.2) is 18.1 Å². The van der Waals surface area contributed by atoms with Gasteiger partial charge in [-0.25, -0.2) is 8.42 Å². The summed E-state index contributed by atoms with van der Waals surface area (Å²) in [7, 11) is 0. The molecule has 14 heavy (non-hydrogen) atoms. The minimum absolute atomic E-state index is 0.0448. The van der Waals surface area contributed by atoms with Gasteiger partial charge in [-0.15, -0.1) is 0 Å². The Labute approximate surface area is 91.2 Å². The first kappa shape index (κ1) is 10.3. The Morgan fingerprint density at radius 3 is 2.29 bits per heavy atom. The molecule has 0 aliphatic heterocycles. The van der Waals surface area contributed by atoms with Gasteiger partial charge in [-0.05, 0) is 18.3 Å². The maximum absolute atomic E-state index is 11.1. The quantitative estimate of drug-likeness (QED) is 0.586. The van der Waals surface area contributed by atoms with Crippen molar-refractivity contribution in [2.24, 2.45) is 16.7 Å². The van der Waals surface area contributed by atoms with Gasteiger partial charge in [0.25, 0.3) is 0 Å². The van der Waals surface area contributed by atoms with Crippen molar-refractivity contribution in [3.05, 3.63) is 0 Å². The molecule has 0 aromatic rings. The molecular formula is C10H14O2S2. The molecule has 0 aromatic heterocycles. The van der Waals surface area contributed by atoms with E-state index in [-0.39, 0.29) is 10.8 Å². The molecule has 0 radical (unpaired) electrons. The predicted molar refractivity (Wildman–Crippen MR) is 60.9 cm³/mol. The Kier molecular flexibility index (Phi) is 2.13. The Bertz CT molecular complexity index is 400. The van der Waals surface area contributed by atoms with Gasteiger partial charge in [0.15, 0.2) is 0 Å². The van der Waals surface area contributed by atoms with E-state index >= 15 is 0 Å². The van der Waals surface area contributed by atoms with Crippen LogP contribution in [0.15, 0.2) is 0 Å². The van der Waals surface area contributed by atoms with Crippen LogP contribution in [0.2, 0.25) is 0 Å². The predicted octanol–water partition coefficient (Wildman–Crippen LogP) is 1.21. The van der Waals surface area contributed by atoms with Crippen LogP contribution >= 0.6 is 0 Å². The van der Waals surface area contributed by atoms with E-state index < -0.39 is 0 Å². The summed E-state index contributed by atoms with van der Waals surface area (Å²) in [6, 6.07) is 0. The third-order valence-corrected chi connectivity index (χ3v) is 6.08. The van der Waals surface area contributed by atoms with Crippen molar-refractivity contribution in [2.75, 3.05) is 0 Å². The summed E-state index contributed by atoms with van der Waals surface area (Å²) in [6.07, 6.45) is 2.12. The summed E-state index contributed by atoms with van der Waals surface area (Å²) in [5.41, 5.74) is 0.0450. The fourth-order valence-corrected chi connectivity index (χ4v) is 4.83. The van der Waals surface area contributed by atoms with Crippen molar-refractivity contribution < 1.29 is 8.42 Å². The van der Waals surface area contributed by atoms with E-state index in [1.165, 1.54) is 0 Å². The van der Waals surface area contributed by atoms with Crippen molar-refractivity contribution in [1.82, 2.24) is 0 Å². The lowest BCUT2D eigenvalue weighted by molar-refractivity contribution is 0.210. The molecule has 78 valence electrons. The standard InChI is InChI=1S/C10H14O2S2/c1-9(2)6-4-5-10(9,3)8(14-12)7(6)13-11/h6H,4-5H2,1-3H3/t6-,10+/m1/s1. The van der Waals surface area contributed by atoms with Crippen molar-refractivity contribution >= 4 is 32.2 Å². The van der Waals surface area contributed by atoms with Gasteiger partial charge in [0.1, 0.15) is 0 Å². The molecular weight excluding hydrogens is 216 g/mol. The summed E-state index contributed by atoms with van der Waals surface area (Å²) in [4.78, 5) is 1.64. The maximum Gasteiger partial charge on any atom is 0.0939 e. The lowest BCUT2D eigenvalue weighted by atomic mass is 9.71. The molecule has 0 amide bonds. The molecule has 0 unspecified atom stereocenters. The van der Waals surface area contributed by atoms with Crippen LogP contribution in [0.4, 0.5) is 0 Å². The second-order valence-electron chi connectivity index (χ2n) is 5.01. The van der Waals surface area contributed by atoms with Crippen molar-refractivity contribution in [1.29, 1.82) is 0 Å². The molecule has 2 nitrogen and oxygen atoms in total. The van der Waals surface area contributed by atoms with Gasteiger partial charge >= 0.3 is 0 Å². The molecule has 2 fully saturated rings. The molecule has 0 heterocycles. The SMILES string of the molecule is CC1(C)[C@@H]2CC[C@@]1(C)C(=S=O)C2=S=O. The Morgan fingerprint density at radius 1 is 1.21 bits per heavy atom. The first-order chi connectivity index (χ1) is 6.49. The van der Waals surface area contributed by atoms with Crippen LogP contribution in [0.1, 0.15) is 33.6 Å². The van der Waals surface area contributed by atoms with Gasteiger partial charge in [0.2, 0.25) is 0 Å². The number of rotatable bonds is 0. The number of fused-ring (bicyclic) bond motifs is 2. The van der Waals surface area contributed by atoms with Crippen molar-refractivity contribution in [3.8, 4) is 0 Å². The molecule has 2 rings (SSSR count). The zero-order chi connectivity index (χ0) is 10.6. The Hall–Kier alpha value is -0.220. The number of hydrogen-bond acceptors (Lipinski definition) is 2. The molecule has 0 aromatic carbocycles. The zero-order valence-corrected chi connectivity index (χ0v) is 10.3. The summed E-state index contributed by atoms with van der Waals surface area (Å²) >= 11 is 1.08. The lowest BCUT2D eigenvalue weighted by Gasteiger charge is -2.33. The Balaban J connectivity index is 2.72. The van der Waals surface area contributed by atoms with Crippen LogP contribution in [-0.2, 0) is 22.5 Å². The highest BCUT2D eigenvalue weighted by molar-refractivity contribution is 7.76. The first-order valence-electron chi connectivity index (χ1n) is 4.83. The minimum Gasteiger partial charge on any atom is -0.212 e. The average Bonchev–Trinajstić information content (AvgIpc) is 2.46. The normalized spacial score (nSPS) is 38.9. The maximum atomic E-state index is 11.1. The third-order valence-electron chi connectivity index (χ3n) is 4.44. The molecule has 0 saturated heterocycles. The van der Waals surface area contributed by atoms with Gasteiger partial charge in [-0.2, -0.15) is 0 Å². The van der Waals surface area contributed by atoms with Gasteiger partial charge in [-0.1, -0.05) is 20.8 Å². The van der Waals surface area contributed by atoms with Gasteiger partial charge in [-0.3, -0.25) is 0 Å². The topological polar surface area (TPSA) is 34.1 Å². The number of hydrogen-bond donors (Lipinski definition) is 0. The van der Waals surface area contributed by atoms with E-state index in [0.717, 1.165) is 22.6 Å². The van der Waals surface area contributed by atoms with Crippen molar-refractivity contribution in [2.45, 2.75) is 33.6 Å². The molecule has 0 N–H and O–H groups in total. The van der Waals surface area contributed by atoms with E-state index in [1.54, 1.807) is 0 Å². The largest absolute Gasteiger partial charge is 0.212 e. The van der Waals surface area contributed by atoms with Gasteiger partial charge in [0.05, 0.1) is 32.2 Å². The first-order valence-corrected chi connectivity index (χ1v) is 6.31. The van der Waals surface area contributed by atoms with Gasteiger partial charge in [0, 0.05) is 11.3 Å². The molecule has 4 heteroatoms. The third kappa shape index (κ3) is 0.910. The van der Waals surface area contributed by atoms with Crippen molar-refractivity contribution in [3.63, 3.8) is 0 Å². The van der Waals surface area contributed by atoms with E-state index in [0.29, 0.717) is 28.4 Å². The second-order valence-corrected chi connectivity index (χ2v) is 6.19.